The molecule has 1 N–H and O–H groups in total. The lowest BCUT2D eigenvalue weighted by atomic mass is 10.1. The van der Waals surface area contributed by atoms with E-state index in [4.69, 9.17) is 21.4 Å². The zero-order valence-corrected chi connectivity index (χ0v) is 15.1. The summed E-state index contributed by atoms with van der Waals surface area (Å²) in [5, 5.41) is 9.04. The van der Waals surface area contributed by atoms with Crippen molar-refractivity contribution in [2.45, 2.75) is 20.4 Å². The van der Waals surface area contributed by atoms with E-state index in [1.54, 1.807) is 48.3 Å². The zero-order chi connectivity index (χ0) is 18.6. The van der Waals surface area contributed by atoms with Gasteiger partial charge in [-0.3, -0.25) is 4.79 Å². The van der Waals surface area contributed by atoms with Gasteiger partial charge in [-0.15, -0.1) is 0 Å². The Balaban J connectivity index is 2.06. The number of benzene rings is 2. The number of hydrogen-bond donors (Lipinski definition) is 1. The van der Waals surface area contributed by atoms with Gasteiger partial charge in [0, 0.05) is 13.6 Å². The number of rotatable bonds is 6. The van der Waals surface area contributed by atoms with Crippen molar-refractivity contribution >= 4 is 23.5 Å². The molecule has 25 heavy (non-hydrogen) atoms. The van der Waals surface area contributed by atoms with Crippen molar-refractivity contribution in [2.75, 3.05) is 13.7 Å². The van der Waals surface area contributed by atoms with Crippen molar-refractivity contribution < 1.29 is 19.4 Å². The van der Waals surface area contributed by atoms with Crippen LogP contribution < -0.4 is 4.74 Å². The second kappa shape index (κ2) is 8.03. The van der Waals surface area contributed by atoms with Crippen LogP contribution in [0.5, 0.6) is 5.75 Å². The van der Waals surface area contributed by atoms with Crippen molar-refractivity contribution in [3.05, 3.63) is 63.7 Å². The van der Waals surface area contributed by atoms with E-state index < -0.39 is 5.97 Å². The molecule has 0 aliphatic heterocycles. The van der Waals surface area contributed by atoms with E-state index in [1.807, 2.05) is 13.8 Å². The van der Waals surface area contributed by atoms with Crippen molar-refractivity contribution in [3.63, 3.8) is 0 Å². The first kappa shape index (κ1) is 18.8. The summed E-state index contributed by atoms with van der Waals surface area (Å²) in [7, 11) is 1.71. The summed E-state index contributed by atoms with van der Waals surface area (Å²) in [5.74, 6) is -0.712. The van der Waals surface area contributed by atoms with Gasteiger partial charge in [-0.05, 0) is 54.8 Å². The fourth-order valence-electron chi connectivity index (χ4n) is 2.33. The lowest BCUT2D eigenvalue weighted by molar-refractivity contribution is -0.139. The van der Waals surface area contributed by atoms with Crippen LogP contribution >= 0.6 is 11.6 Å². The summed E-state index contributed by atoms with van der Waals surface area (Å²) in [6.45, 7) is 3.91. The molecule has 0 saturated carbocycles. The fraction of sp³-hybridized carbons (Fsp3) is 0.263. The second-order valence-corrected chi connectivity index (χ2v) is 6.31. The first-order chi connectivity index (χ1) is 11.8. The molecule has 0 unspecified atom stereocenters. The number of ether oxygens (including phenoxy) is 1. The number of nitrogens with zero attached hydrogens (tertiary/aromatic N) is 1. The van der Waals surface area contributed by atoms with Crippen LogP contribution in [0.3, 0.4) is 0 Å². The summed E-state index contributed by atoms with van der Waals surface area (Å²) in [6.07, 6.45) is 0. The highest BCUT2D eigenvalue weighted by atomic mass is 35.5. The highest BCUT2D eigenvalue weighted by Gasteiger charge is 2.16. The van der Waals surface area contributed by atoms with Crippen LogP contribution in [-0.4, -0.2) is 35.5 Å². The fourth-order valence-corrected chi connectivity index (χ4v) is 2.63. The standard InChI is InChI=1S/C19H20ClNO4/c1-12-8-16(17(20)9-13(12)2)19(24)21(3)10-14-4-6-15(7-5-14)25-11-18(22)23/h4-9H,10-11H2,1-3H3,(H,22,23). The molecule has 0 radical (unpaired) electrons. The van der Waals surface area contributed by atoms with Gasteiger partial charge in [-0.2, -0.15) is 0 Å². The Morgan fingerprint density at radius 3 is 2.32 bits per heavy atom. The van der Waals surface area contributed by atoms with Crippen LogP contribution in [0, 0.1) is 13.8 Å². The summed E-state index contributed by atoms with van der Waals surface area (Å²) in [4.78, 5) is 24.7. The number of hydrogen-bond acceptors (Lipinski definition) is 3. The van der Waals surface area contributed by atoms with E-state index in [0.29, 0.717) is 22.9 Å². The third-order valence-electron chi connectivity index (χ3n) is 3.87. The Hall–Kier alpha value is -2.53. The molecular weight excluding hydrogens is 342 g/mol. The molecule has 5 nitrogen and oxygen atoms in total. The van der Waals surface area contributed by atoms with Gasteiger partial charge in [0.05, 0.1) is 10.6 Å². The van der Waals surface area contributed by atoms with Gasteiger partial charge in [0.1, 0.15) is 5.75 Å². The predicted octanol–water partition coefficient (Wildman–Crippen LogP) is 3.69. The summed E-state index contributed by atoms with van der Waals surface area (Å²) in [6, 6.07) is 10.6. The largest absolute Gasteiger partial charge is 0.482 e. The molecular formula is C19H20ClNO4. The average Bonchev–Trinajstić information content (AvgIpc) is 2.56. The summed E-state index contributed by atoms with van der Waals surface area (Å²) in [5.41, 5.74) is 3.44. The maximum absolute atomic E-state index is 12.6. The molecule has 0 fully saturated rings. The van der Waals surface area contributed by atoms with Crippen LogP contribution in [0.2, 0.25) is 5.02 Å². The minimum atomic E-state index is -1.03. The number of aliphatic carboxylic acids is 1. The molecule has 0 atom stereocenters. The number of carbonyl (C=O) groups is 2. The van der Waals surface area contributed by atoms with Crippen molar-refractivity contribution in [1.82, 2.24) is 4.90 Å². The van der Waals surface area contributed by atoms with Gasteiger partial charge in [0.25, 0.3) is 5.91 Å². The Morgan fingerprint density at radius 1 is 1.12 bits per heavy atom. The summed E-state index contributed by atoms with van der Waals surface area (Å²) >= 11 is 6.21. The molecule has 0 saturated heterocycles. The Labute approximate surface area is 151 Å². The van der Waals surface area contributed by atoms with Gasteiger partial charge in [0.15, 0.2) is 6.61 Å². The summed E-state index contributed by atoms with van der Waals surface area (Å²) < 4.78 is 5.09. The molecule has 0 bridgehead atoms. The van der Waals surface area contributed by atoms with Gasteiger partial charge < -0.3 is 14.7 Å². The molecule has 132 valence electrons. The molecule has 2 aromatic carbocycles. The third-order valence-corrected chi connectivity index (χ3v) is 4.18. The molecule has 2 rings (SSSR count). The number of aryl methyl sites for hydroxylation is 2. The molecule has 0 aliphatic carbocycles. The number of carboxylic acids is 1. The molecule has 0 spiro atoms. The highest BCUT2D eigenvalue weighted by molar-refractivity contribution is 6.33. The van der Waals surface area contributed by atoms with E-state index in [0.717, 1.165) is 16.7 Å². The smallest absolute Gasteiger partial charge is 0.341 e. The Morgan fingerprint density at radius 2 is 1.72 bits per heavy atom. The third kappa shape index (κ3) is 4.97. The quantitative estimate of drug-likeness (QED) is 0.852. The van der Waals surface area contributed by atoms with Gasteiger partial charge in [-0.25, -0.2) is 4.79 Å². The number of carbonyl (C=O) groups excluding carboxylic acids is 1. The normalized spacial score (nSPS) is 10.4. The average molecular weight is 362 g/mol. The first-order valence-electron chi connectivity index (χ1n) is 7.73. The molecule has 0 aliphatic rings. The van der Waals surface area contributed by atoms with E-state index in [1.165, 1.54) is 0 Å². The molecule has 6 heteroatoms. The van der Waals surface area contributed by atoms with Crippen molar-refractivity contribution in [1.29, 1.82) is 0 Å². The minimum absolute atomic E-state index is 0.153. The van der Waals surface area contributed by atoms with E-state index >= 15 is 0 Å². The maximum Gasteiger partial charge on any atom is 0.341 e. The van der Waals surface area contributed by atoms with Gasteiger partial charge in [-0.1, -0.05) is 23.7 Å². The van der Waals surface area contributed by atoms with Crippen molar-refractivity contribution in [2.24, 2.45) is 0 Å². The lowest BCUT2D eigenvalue weighted by Gasteiger charge is -2.19. The van der Waals surface area contributed by atoms with E-state index in [-0.39, 0.29) is 12.5 Å². The number of carboxylic acid groups (broad SMARTS) is 1. The lowest BCUT2D eigenvalue weighted by Crippen LogP contribution is -2.26. The van der Waals surface area contributed by atoms with Gasteiger partial charge >= 0.3 is 5.97 Å². The van der Waals surface area contributed by atoms with Crippen LogP contribution in [0.25, 0.3) is 0 Å². The monoisotopic (exact) mass is 361 g/mol. The van der Waals surface area contributed by atoms with Gasteiger partial charge in [0.2, 0.25) is 0 Å². The SMILES string of the molecule is Cc1cc(Cl)c(C(=O)N(C)Cc2ccc(OCC(=O)O)cc2)cc1C. The molecule has 0 aromatic heterocycles. The topological polar surface area (TPSA) is 66.8 Å². The second-order valence-electron chi connectivity index (χ2n) is 5.90. The van der Waals surface area contributed by atoms with Crippen molar-refractivity contribution in [3.8, 4) is 5.75 Å². The molecule has 2 aromatic rings. The highest BCUT2D eigenvalue weighted by Crippen LogP contribution is 2.23. The maximum atomic E-state index is 12.6. The number of amides is 1. The Bertz CT molecular complexity index is 787. The number of halogens is 1. The van der Waals surface area contributed by atoms with E-state index in [9.17, 15) is 9.59 Å². The molecule has 0 heterocycles. The van der Waals surface area contributed by atoms with Crippen LogP contribution in [0.1, 0.15) is 27.0 Å². The molecule has 1 amide bonds. The van der Waals surface area contributed by atoms with Crippen LogP contribution in [-0.2, 0) is 11.3 Å². The zero-order valence-electron chi connectivity index (χ0n) is 14.4. The van der Waals surface area contributed by atoms with E-state index in [2.05, 4.69) is 0 Å². The Kier molecular flexibility index (Phi) is 6.04. The first-order valence-corrected chi connectivity index (χ1v) is 8.11. The van der Waals surface area contributed by atoms with Crippen LogP contribution in [0.15, 0.2) is 36.4 Å². The minimum Gasteiger partial charge on any atom is -0.482 e. The van der Waals surface area contributed by atoms with Crippen LogP contribution in [0.4, 0.5) is 0 Å². The predicted molar refractivity (Wildman–Crippen MR) is 96.3 cm³/mol.